The number of hydrogen-bond acceptors (Lipinski definition) is 6. The van der Waals surface area contributed by atoms with Crippen LogP contribution in [0.1, 0.15) is 104 Å². The molecule has 2 unspecified atom stereocenters. The minimum Gasteiger partial charge on any atom is -0.497 e. The summed E-state index contributed by atoms with van der Waals surface area (Å²) in [5.74, 6) is 0.956. The number of rotatable bonds is 6. The summed E-state index contributed by atoms with van der Waals surface area (Å²) in [5.41, 5.74) is 5.50. The zero-order valence-corrected chi connectivity index (χ0v) is 28.9. The Morgan fingerprint density at radius 3 is 2.35 bits per heavy atom. The molecule has 254 valence electrons. The molecular weight excluding hydrogens is 625 g/mol. The number of nitrogens with one attached hydrogen (secondary N) is 1. The van der Waals surface area contributed by atoms with Crippen LogP contribution in [0.25, 0.3) is 22.2 Å². The number of amides is 2. The lowest BCUT2D eigenvalue weighted by Crippen LogP contribution is -2.57. The van der Waals surface area contributed by atoms with Gasteiger partial charge in [-0.1, -0.05) is 31.7 Å². The molecule has 5 fully saturated rings. The fourth-order valence-electron chi connectivity index (χ4n) is 10.1. The second-order valence-corrected chi connectivity index (χ2v) is 17.6. The minimum atomic E-state index is -3.72. The molecule has 10 heteroatoms. The highest BCUT2D eigenvalue weighted by Crippen LogP contribution is 2.66. The fourth-order valence-corrected chi connectivity index (χ4v) is 11.6. The van der Waals surface area contributed by atoms with E-state index in [9.17, 15) is 13.2 Å². The van der Waals surface area contributed by atoms with Crippen LogP contribution in [0, 0.1) is 5.41 Å². The van der Waals surface area contributed by atoms with Crippen molar-refractivity contribution in [2.75, 3.05) is 27.2 Å². The molecular formula is C38H46N4O5S. The van der Waals surface area contributed by atoms with E-state index >= 15 is 4.79 Å². The van der Waals surface area contributed by atoms with Crippen LogP contribution >= 0.6 is 0 Å². The third-order valence-corrected chi connectivity index (χ3v) is 14.7. The van der Waals surface area contributed by atoms with Gasteiger partial charge in [0.05, 0.1) is 23.5 Å². The zero-order chi connectivity index (χ0) is 32.9. The molecule has 2 saturated heterocycles. The van der Waals surface area contributed by atoms with Crippen molar-refractivity contribution in [2.45, 2.75) is 106 Å². The Balaban J connectivity index is 1.21. The van der Waals surface area contributed by atoms with Crippen molar-refractivity contribution in [3.05, 3.63) is 53.1 Å². The number of nitrogens with zero attached hydrogens (tertiary/aromatic N) is 3. The van der Waals surface area contributed by atoms with E-state index in [-0.39, 0.29) is 23.9 Å². The third kappa shape index (κ3) is 4.61. The topological polar surface area (TPSA) is 101 Å². The summed E-state index contributed by atoms with van der Waals surface area (Å²) >= 11 is 0. The van der Waals surface area contributed by atoms with Crippen molar-refractivity contribution in [3.63, 3.8) is 0 Å². The Kier molecular flexibility index (Phi) is 7.07. The van der Waals surface area contributed by atoms with Crippen molar-refractivity contribution in [2.24, 2.45) is 5.41 Å². The highest BCUT2D eigenvalue weighted by molar-refractivity contribution is 7.90. The normalized spacial score (nSPS) is 28.6. The van der Waals surface area contributed by atoms with Crippen molar-refractivity contribution in [1.29, 1.82) is 0 Å². The van der Waals surface area contributed by atoms with E-state index in [4.69, 9.17) is 4.74 Å². The van der Waals surface area contributed by atoms with Gasteiger partial charge in [0.25, 0.3) is 5.91 Å². The number of likely N-dealkylation sites (tertiary alicyclic amines) is 1. The molecule has 3 aromatic rings. The quantitative estimate of drug-likeness (QED) is 0.358. The lowest BCUT2D eigenvalue weighted by atomic mass is 9.81. The molecule has 2 aromatic carbocycles. The smallest absolute Gasteiger partial charge is 0.264 e. The number of likely N-dealkylation sites (N-methyl/N-ethyl adjacent to an activating group) is 1. The van der Waals surface area contributed by atoms with Gasteiger partial charge in [0.15, 0.2) is 0 Å². The first-order chi connectivity index (χ1) is 23.2. The van der Waals surface area contributed by atoms with Crippen LogP contribution in [0.15, 0.2) is 36.4 Å². The highest BCUT2D eigenvalue weighted by atomic mass is 32.2. The average Bonchev–Trinajstić information content (AvgIpc) is 3.63. The van der Waals surface area contributed by atoms with Crippen LogP contribution < -0.4 is 9.46 Å². The maximum atomic E-state index is 15.0. The zero-order valence-electron chi connectivity index (χ0n) is 28.0. The monoisotopic (exact) mass is 670 g/mol. The van der Waals surface area contributed by atoms with Crippen molar-refractivity contribution < 1.29 is 22.7 Å². The molecule has 4 heterocycles. The molecule has 9 rings (SSSR count). The second kappa shape index (κ2) is 11.1. The van der Waals surface area contributed by atoms with Crippen LogP contribution in [0.5, 0.6) is 5.75 Å². The van der Waals surface area contributed by atoms with E-state index in [1.54, 1.807) is 13.2 Å². The first-order valence-corrected chi connectivity index (χ1v) is 19.6. The fraction of sp³-hybridized carbons (Fsp3) is 0.579. The van der Waals surface area contributed by atoms with E-state index in [0.29, 0.717) is 30.9 Å². The molecule has 3 aliphatic heterocycles. The summed E-state index contributed by atoms with van der Waals surface area (Å²) in [7, 11) is 0.143. The number of benzene rings is 2. The Bertz CT molecular complexity index is 1930. The van der Waals surface area contributed by atoms with Gasteiger partial charge in [-0.25, -0.2) is 13.1 Å². The highest BCUT2D eigenvalue weighted by Gasteiger charge is 2.65. The molecule has 9 nitrogen and oxygen atoms in total. The number of carbonyl (C=O) groups is 2. The molecule has 1 aromatic heterocycles. The number of ether oxygens (including phenoxy) is 1. The van der Waals surface area contributed by atoms with Crippen LogP contribution in [-0.2, 0) is 21.4 Å². The molecule has 3 aliphatic carbocycles. The van der Waals surface area contributed by atoms with E-state index in [1.807, 2.05) is 18.2 Å². The average molecular weight is 671 g/mol. The lowest BCUT2D eigenvalue weighted by molar-refractivity contribution is -0.143. The number of piperazine rings is 1. The van der Waals surface area contributed by atoms with E-state index in [1.165, 1.54) is 30.4 Å². The van der Waals surface area contributed by atoms with Gasteiger partial charge in [0.1, 0.15) is 5.75 Å². The Morgan fingerprint density at radius 1 is 0.917 bits per heavy atom. The third-order valence-electron chi connectivity index (χ3n) is 12.8. The number of aromatic nitrogens is 1. The molecule has 0 radical (unpaired) electrons. The maximum Gasteiger partial charge on any atom is 0.264 e. The summed E-state index contributed by atoms with van der Waals surface area (Å²) < 4.78 is 36.4. The minimum absolute atomic E-state index is 0.0856. The Hall–Kier alpha value is -3.37. The standard InChI is InChI=1S/C38H46N4O5S/c1-40-20-25-12-13-26(21-40)42(25)37(44)38-19-32(38)31-18-27(47-2)14-16-29(31)35-34(23-7-4-3-5-8-23)30-15-11-24(17-33(30)41(35)22-38)36(43)39-48(45,46)28-9-6-10-28/h11,14-18,23,25-26,28,32H,3-10,12-13,19-22H2,1-2H3,(H,39,43)/t25?,26?,32-,38+/m0/s1. The maximum absolute atomic E-state index is 15.0. The molecule has 48 heavy (non-hydrogen) atoms. The summed E-state index contributed by atoms with van der Waals surface area (Å²) in [6.45, 7) is 2.38. The van der Waals surface area contributed by atoms with Crippen molar-refractivity contribution in [1.82, 2.24) is 19.1 Å². The van der Waals surface area contributed by atoms with Gasteiger partial charge in [0, 0.05) is 59.7 Å². The van der Waals surface area contributed by atoms with Gasteiger partial charge >= 0.3 is 0 Å². The molecule has 2 amide bonds. The molecule has 2 bridgehead atoms. The van der Waals surface area contributed by atoms with Gasteiger partial charge in [-0.15, -0.1) is 0 Å². The molecule has 1 N–H and O–H groups in total. The van der Waals surface area contributed by atoms with Crippen molar-refractivity contribution in [3.8, 4) is 17.0 Å². The predicted molar refractivity (Wildman–Crippen MR) is 185 cm³/mol. The van der Waals surface area contributed by atoms with Gasteiger partial charge in [-0.3, -0.25) is 9.59 Å². The summed E-state index contributed by atoms with van der Waals surface area (Å²) in [4.78, 5) is 33.2. The van der Waals surface area contributed by atoms with Gasteiger partial charge in [-0.2, -0.15) is 0 Å². The van der Waals surface area contributed by atoms with E-state index in [0.717, 1.165) is 79.5 Å². The number of carbonyl (C=O) groups excluding carboxylic acids is 2. The first-order valence-electron chi connectivity index (χ1n) is 18.1. The van der Waals surface area contributed by atoms with Gasteiger partial charge in [0.2, 0.25) is 15.9 Å². The molecule has 3 saturated carbocycles. The first kappa shape index (κ1) is 30.7. The van der Waals surface area contributed by atoms with E-state index in [2.05, 4.69) is 38.3 Å². The Morgan fingerprint density at radius 2 is 1.67 bits per heavy atom. The second-order valence-electron chi connectivity index (χ2n) is 15.6. The molecule has 4 atom stereocenters. The van der Waals surface area contributed by atoms with Gasteiger partial charge < -0.3 is 19.1 Å². The summed E-state index contributed by atoms with van der Waals surface area (Å²) in [6, 6.07) is 12.6. The lowest BCUT2D eigenvalue weighted by Gasteiger charge is -2.41. The largest absolute Gasteiger partial charge is 0.497 e. The summed E-state index contributed by atoms with van der Waals surface area (Å²) in [5, 5.41) is 0.613. The predicted octanol–water partition coefficient (Wildman–Crippen LogP) is 5.77. The summed E-state index contributed by atoms with van der Waals surface area (Å²) in [6.07, 6.45) is 10.8. The number of sulfonamides is 1. The van der Waals surface area contributed by atoms with Gasteiger partial charge in [-0.05, 0) is 99.4 Å². The molecule has 6 aliphatic rings. The number of hydrogen-bond donors (Lipinski definition) is 1. The SMILES string of the molecule is COc1ccc2c(c1)[C@@H]1C[C@@]1(C(=O)N1C3CCC1CN(C)C3)Cn1c-2c(C2CCCCC2)c2ccc(C(=O)NS(=O)(=O)C3CCC3)cc21. The van der Waals surface area contributed by atoms with Crippen LogP contribution in [-0.4, -0.2) is 79.2 Å². The van der Waals surface area contributed by atoms with Crippen LogP contribution in [0.2, 0.25) is 0 Å². The molecule has 0 spiro atoms. The van der Waals surface area contributed by atoms with Crippen molar-refractivity contribution >= 4 is 32.7 Å². The van der Waals surface area contributed by atoms with E-state index < -0.39 is 26.6 Å². The van der Waals surface area contributed by atoms with Crippen LogP contribution in [0.4, 0.5) is 0 Å². The number of methoxy groups -OCH3 is 1. The number of fused-ring (bicyclic) bond motifs is 9. The Labute approximate surface area is 283 Å². The van der Waals surface area contributed by atoms with Crippen LogP contribution in [0.3, 0.4) is 0 Å².